The average Bonchev–Trinajstić information content (AvgIpc) is 2.38. The second kappa shape index (κ2) is 7.48. The first-order valence-corrected chi connectivity index (χ1v) is 9.29. The zero-order valence-electron chi connectivity index (χ0n) is 12.8. The minimum atomic E-state index is -7.27. The molecule has 0 aliphatic rings. The van der Waals surface area contributed by atoms with Crippen molar-refractivity contribution in [1.29, 1.82) is 0 Å². The van der Waals surface area contributed by atoms with Crippen LogP contribution in [0.5, 0.6) is 0 Å². The van der Waals surface area contributed by atoms with E-state index in [9.17, 15) is 61.1 Å². The third kappa shape index (κ3) is 5.73. The van der Waals surface area contributed by atoms with Crippen LogP contribution in [0.4, 0.5) is 39.5 Å². The van der Waals surface area contributed by atoms with Gasteiger partial charge in [0.15, 0.2) is 4.58 Å². The number of halogens is 9. The summed E-state index contributed by atoms with van der Waals surface area (Å²) in [5, 5.41) is 0.907. The summed E-state index contributed by atoms with van der Waals surface area (Å²) in [6.45, 7) is 3.69. The standard InChI is InChI=1S/C10H10F9NO5S2/c1-4(2)7(21)20-5(8(11,12)13)3-6(26(22,23)9(14,15)16)27(24,25)10(17,18)19/h5-6H,1,3H2,2H3,(H,20,21). The number of carbonyl (C=O) groups excluding carboxylic acids is 1. The summed E-state index contributed by atoms with van der Waals surface area (Å²) in [6.07, 6.45) is -8.57. The Morgan fingerprint density at radius 3 is 1.44 bits per heavy atom. The molecule has 0 saturated heterocycles. The number of amides is 1. The smallest absolute Gasteiger partial charge is 0.341 e. The van der Waals surface area contributed by atoms with Crippen LogP contribution in [0.3, 0.4) is 0 Å². The molecule has 0 fully saturated rings. The molecular weight excluding hydrogens is 449 g/mol. The minimum absolute atomic E-state index is 0.668. The third-order valence-corrected chi connectivity index (χ3v) is 7.43. The van der Waals surface area contributed by atoms with Crippen molar-refractivity contribution in [2.45, 2.75) is 41.2 Å². The van der Waals surface area contributed by atoms with E-state index in [0.29, 0.717) is 0 Å². The summed E-state index contributed by atoms with van der Waals surface area (Å²) in [5.74, 6) is -1.70. The van der Waals surface area contributed by atoms with Crippen LogP contribution >= 0.6 is 0 Å². The fourth-order valence-electron chi connectivity index (χ4n) is 1.47. The van der Waals surface area contributed by atoms with Crippen molar-refractivity contribution in [3.05, 3.63) is 12.2 Å². The Morgan fingerprint density at radius 2 is 1.22 bits per heavy atom. The maximum absolute atomic E-state index is 12.9. The second-order valence-corrected chi connectivity index (χ2v) is 9.54. The Kier molecular flexibility index (Phi) is 7.06. The van der Waals surface area contributed by atoms with E-state index in [4.69, 9.17) is 0 Å². The highest BCUT2D eigenvalue weighted by molar-refractivity contribution is 8.09. The van der Waals surface area contributed by atoms with Crippen molar-refractivity contribution in [2.24, 2.45) is 0 Å². The molecule has 0 aromatic carbocycles. The second-order valence-electron chi connectivity index (χ2n) is 4.99. The molecule has 1 unspecified atom stereocenters. The molecule has 0 radical (unpaired) electrons. The van der Waals surface area contributed by atoms with E-state index in [1.165, 1.54) is 0 Å². The fourth-order valence-corrected chi connectivity index (χ4v) is 4.94. The van der Waals surface area contributed by atoms with E-state index in [2.05, 4.69) is 6.58 Å². The molecule has 0 bridgehead atoms. The van der Waals surface area contributed by atoms with Crippen molar-refractivity contribution in [1.82, 2.24) is 5.32 Å². The van der Waals surface area contributed by atoms with Gasteiger partial charge < -0.3 is 5.32 Å². The van der Waals surface area contributed by atoms with Gasteiger partial charge in [-0.25, -0.2) is 16.8 Å². The molecule has 0 aromatic rings. The highest BCUT2D eigenvalue weighted by Crippen LogP contribution is 2.39. The molecule has 0 aliphatic carbocycles. The summed E-state index contributed by atoms with van der Waals surface area (Å²) >= 11 is 0. The van der Waals surface area contributed by atoms with Crippen LogP contribution in [0.25, 0.3) is 0 Å². The molecule has 160 valence electrons. The maximum atomic E-state index is 12.9. The van der Waals surface area contributed by atoms with E-state index in [1.54, 1.807) is 0 Å². The van der Waals surface area contributed by atoms with Gasteiger partial charge in [-0.1, -0.05) is 6.58 Å². The Bertz CT molecular complexity index is 748. The van der Waals surface area contributed by atoms with E-state index >= 15 is 0 Å². The van der Waals surface area contributed by atoms with Gasteiger partial charge in [0.25, 0.3) is 19.7 Å². The van der Waals surface area contributed by atoms with Gasteiger partial charge in [0.05, 0.1) is 0 Å². The topological polar surface area (TPSA) is 97.4 Å². The lowest BCUT2D eigenvalue weighted by Gasteiger charge is -2.27. The van der Waals surface area contributed by atoms with Gasteiger partial charge in [-0.3, -0.25) is 4.79 Å². The minimum Gasteiger partial charge on any atom is -0.341 e. The van der Waals surface area contributed by atoms with Crippen LogP contribution < -0.4 is 5.32 Å². The van der Waals surface area contributed by atoms with Gasteiger partial charge in [0.1, 0.15) is 6.04 Å². The molecule has 1 atom stereocenters. The van der Waals surface area contributed by atoms with Crippen molar-refractivity contribution in [3.63, 3.8) is 0 Å². The van der Waals surface area contributed by atoms with E-state index in [0.717, 1.165) is 12.2 Å². The molecule has 1 N–H and O–H groups in total. The first kappa shape index (κ1) is 25.5. The van der Waals surface area contributed by atoms with Crippen molar-refractivity contribution >= 4 is 25.6 Å². The molecule has 0 rings (SSSR count). The Balaban J connectivity index is 6.48. The Morgan fingerprint density at radius 1 is 0.889 bits per heavy atom. The molecule has 0 heterocycles. The molecule has 27 heavy (non-hydrogen) atoms. The van der Waals surface area contributed by atoms with Crippen LogP contribution in [-0.2, 0) is 24.5 Å². The number of hydrogen-bond donors (Lipinski definition) is 1. The number of nitrogens with one attached hydrogen (secondary N) is 1. The molecule has 0 aromatic heterocycles. The monoisotopic (exact) mass is 459 g/mol. The molecule has 0 spiro atoms. The normalized spacial score (nSPS) is 15.5. The quantitative estimate of drug-likeness (QED) is 0.485. The maximum Gasteiger partial charge on any atom is 0.498 e. The molecule has 0 aliphatic heterocycles. The van der Waals surface area contributed by atoms with Crippen LogP contribution in [0.1, 0.15) is 13.3 Å². The van der Waals surface area contributed by atoms with Crippen LogP contribution in [0.15, 0.2) is 12.2 Å². The van der Waals surface area contributed by atoms with Gasteiger partial charge in [0.2, 0.25) is 5.91 Å². The number of carbonyl (C=O) groups is 1. The summed E-state index contributed by atoms with van der Waals surface area (Å²) in [6, 6.07) is -3.67. The predicted molar refractivity (Wildman–Crippen MR) is 71.2 cm³/mol. The Labute approximate surface area is 146 Å². The molecule has 17 heteroatoms. The lowest BCUT2D eigenvalue weighted by molar-refractivity contribution is -0.161. The van der Waals surface area contributed by atoms with Crippen LogP contribution in [0, 0.1) is 0 Å². The Hall–Kier alpha value is -1.52. The molecular formula is C10H10F9NO5S2. The number of sulfone groups is 2. The molecule has 6 nitrogen and oxygen atoms in total. The summed E-state index contributed by atoms with van der Waals surface area (Å²) in [7, 11) is -14.5. The van der Waals surface area contributed by atoms with E-state index < -0.39 is 65.4 Å². The first-order chi connectivity index (χ1) is 11.6. The zero-order chi connectivity index (χ0) is 22.2. The SMILES string of the molecule is C=C(C)C(=O)NC(CC(S(=O)(=O)C(F)(F)F)S(=O)(=O)C(F)(F)F)C(F)(F)F. The fraction of sp³-hybridized carbons (Fsp3) is 0.700. The van der Waals surface area contributed by atoms with Gasteiger partial charge in [-0.15, -0.1) is 0 Å². The average molecular weight is 459 g/mol. The lowest BCUT2D eigenvalue weighted by atomic mass is 10.2. The van der Waals surface area contributed by atoms with Gasteiger partial charge in [0, 0.05) is 12.0 Å². The van der Waals surface area contributed by atoms with Crippen LogP contribution in [0.2, 0.25) is 0 Å². The summed E-state index contributed by atoms with van der Waals surface area (Å²) in [5.41, 5.74) is -13.9. The highest BCUT2D eigenvalue weighted by Gasteiger charge is 2.64. The molecule has 1 amide bonds. The van der Waals surface area contributed by atoms with Crippen molar-refractivity contribution < 1.29 is 61.1 Å². The third-order valence-electron chi connectivity index (χ3n) is 2.85. The van der Waals surface area contributed by atoms with Gasteiger partial charge in [-0.05, 0) is 6.92 Å². The summed E-state index contributed by atoms with van der Waals surface area (Å²) < 4.78 is 154. The first-order valence-electron chi connectivity index (χ1n) is 6.20. The largest absolute Gasteiger partial charge is 0.498 e. The summed E-state index contributed by atoms with van der Waals surface area (Å²) in [4.78, 5) is 11.2. The lowest BCUT2D eigenvalue weighted by Crippen LogP contribution is -2.53. The number of rotatable bonds is 6. The number of hydrogen-bond acceptors (Lipinski definition) is 5. The number of alkyl halides is 9. The van der Waals surface area contributed by atoms with E-state index in [1.807, 2.05) is 0 Å². The zero-order valence-corrected chi connectivity index (χ0v) is 14.5. The van der Waals surface area contributed by atoms with Crippen molar-refractivity contribution in [3.8, 4) is 0 Å². The predicted octanol–water partition coefficient (Wildman–Crippen LogP) is 2.20. The van der Waals surface area contributed by atoms with Gasteiger partial charge in [-0.2, -0.15) is 39.5 Å². The van der Waals surface area contributed by atoms with E-state index in [-0.39, 0.29) is 0 Å². The highest BCUT2D eigenvalue weighted by atomic mass is 32.3. The van der Waals surface area contributed by atoms with Crippen LogP contribution in [-0.4, -0.2) is 50.6 Å². The van der Waals surface area contributed by atoms with Gasteiger partial charge >= 0.3 is 17.2 Å². The van der Waals surface area contributed by atoms with Crippen molar-refractivity contribution in [2.75, 3.05) is 0 Å². The molecule has 0 saturated carbocycles.